The van der Waals surface area contributed by atoms with Gasteiger partial charge in [0.1, 0.15) is 18.1 Å². The summed E-state index contributed by atoms with van der Waals surface area (Å²) in [6.07, 6.45) is 4.13. The van der Waals surface area contributed by atoms with Gasteiger partial charge in [-0.25, -0.2) is 0 Å². The first-order valence-electron chi connectivity index (χ1n) is 8.52. The standard InChI is InChI=1S/C20H19N3O3/c1-23(12-17-10-18(22-26-17)15-6-4-8-21-11-15)20(24)16-9-14-5-2-3-7-19(14)25-13-16/h2-8,10-11,16H,9,12-13H2,1H3/t16-/m1/s1. The van der Waals surface area contributed by atoms with Crippen LogP contribution >= 0.6 is 0 Å². The van der Waals surface area contributed by atoms with Crippen LogP contribution in [-0.2, 0) is 17.8 Å². The van der Waals surface area contributed by atoms with E-state index in [-0.39, 0.29) is 11.8 Å². The number of ether oxygens (including phenoxy) is 1. The number of amides is 1. The Balaban J connectivity index is 1.42. The van der Waals surface area contributed by atoms with Crippen LogP contribution in [0.25, 0.3) is 11.3 Å². The molecule has 0 fully saturated rings. The van der Waals surface area contributed by atoms with Crippen LogP contribution < -0.4 is 4.74 Å². The molecule has 1 aromatic carbocycles. The molecule has 26 heavy (non-hydrogen) atoms. The third-order valence-electron chi connectivity index (χ3n) is 4.51. The fourth-order valence-electron chi connectivity index (χ4n) is 3.15. The van der Waals surface area contributed by atoms with Gasteiger partial charge < -0.3 is 14.2 Å². The summed E-state index contributed by atoms with van der Waals surface area (Å²) in [7, 11) is 1.77. The van der Waals surface area contributed by atoms with Crippen LogP contribution in [-0.4, -0.2) is 34.6 Å². The summed E-state index contributed by atoms with van der Waals surface area (Å²) in [5.41, 5.74) is 2.67. The lowest BCUT2D eigenvalue weighted by atomic mass is 9.95. The lowest BCUT2D eigenvalue weighted by Crippen LogP contribution is -2.38. The number of hydrogen-bond acceptors (Lipinski definition) is 5. The highest BCUT2D eigenvalue weighted by Crippen LogP contribution is 2.28. The Morgan fingerprint density at radius 2 is 2.15 bits per heavy atom. The smallest absolute Gasteiger partial charge is 0.229 e. The third-order valence-corrected chi connectivity index (χ3v) is 4.51. The van der Waals surface area contributed by atoms with Crippen molar-refractivity contribution >= 4 is 5.91 Å². The van der Waals surface area contributed by atoms with Gasteiger partial charge in [-0.3, -0.25) is 9.78 Å². The molecular weight excluding hydrogens is 330 g/mol. The number of rotatable bonds is 4. The Labute approximate surface area is 151 Å². The van der Waals surface area contributed by atoms with Crippen LogP contribution in [0, 0.1) is 5.92 Å². The van der Waals surface area contributed by atoms with E-state index < -0.39 is 0 Å². The number of pyridine rings is 1. The minimum atomic E-state index is -0.185. The molecule has 1 amide bonds. The fraction of sp³-hybridized carbons (Fsp3) is 0.250. The Kier molecular flexibility index (Phi) is 4.39. The number of carbonyl (C=O) groups is 1. The number of benzene rings is 1. The largest absolute Gasteiger partial charge is 0.492 e. The minimum Gasteiger partial charge on any atom is -0.492 e. The van der Waals surface area contributed by atoms with E-state index >= 15 is 0 Å². The molecular formula is C20H19N3O3. The van der Waals surface area contributed by atoms with Crippen LogP contribution in [0.5, 0.6) is 5.75 Å². The molecule has 0 spiro atoms. The van der Waals surface area contributed by atoms with E-state index in [2.05, 4.69) is 10.1 Å². The molecule has 4 rings (SSSR count). The maximum Gasteiger partial charge on any atom is 0.229 e. The monoisotopic (exact) mass is 349 g/mol. The fourth-order valence-corrected chi connectivity index (χ4v) is 3.15. The van der Waals surface area contributed by atoms with E-state index in [1.807, 2.05) is 42.5 Å². The average molecular weight is 349 g/mol. The van der Waals surface area contributed by atoms with Crippen molar-refractivity contribution in [1.82, 2.24) is 15.0 Å². The second-order valence-electron chi connectivity index (χ2n) is 6.43. The van der Waals surface area contributed by atoms with Gasteiger partial charge >= 0.3 is 0 Å². The highest BCUT2D eigenvalue weighted by molar-refractivity contribution is 5.79. The van der Waals surface area contributed by atoms with Crippen molar-refractivity contribution in [2.45, 2.75) is 13.0 Å². The first kappa shape index (κ1) is 16.3. The molecule has 2 aromatic heterocycles. The Bertz CT molecular complexity index is 907. The number of hydrogen-bond donors (Lipinski definition) is 0. The van der Waals surface area contributed by atoms with Crippen LogP contribution in [0.15, 0.2) is 59.4 Å². The zero-order chi connectivity index (χ0) is 17.9. The van der Waals surface area contributed by atoms with Gasteiger partial charge in [-0.2, -0.15) is 0 Å². The molecule has 0 unspecified atom stereocenters. The van der Waals surface area contributed by atoms with Crippen molar-refractivity contribution in [3.8, 4) is 17.0 Å². The lowest BCUT2D eigenvalue weighted by Gasteiger charge is -2.27. The van der Waals surface area contributed by atoms with E-state index in [0.717, 1.165) is 16.9 Å². The van der Waals surface area contributed by atoms with E-state index in [0.29, 0.717) is 31.0 Å². The summed E-state index contributed by atoms with van der Waals surface area (Å²) in [6, 6.07) is 13.5. The van der Waals surface area contributed by atoms with E-state index in [1.54, 1.807) is 24.3 Å². The van der Waals surface area contributed by atoms with Crippen molar-refractivity contribution in [3.63, 3.8) is 0 Å². The van der Waals surface area contributed by atoms with Gasteiger partial charge in [0.15, 0.2) is 5.76 Å². The van der Waals surface area contributed by atoms with Gasteiger partial charge in [-0.15, -0.1) is 0 Å². The summed E-state index contributed by atoms with van der Waals surface area (Å²) in [6.45, 7) is 0.766. The predicted molar refractivity (Wildman–Crippen MR) is 95.3 cm³/mol. The van der Waals surface area contributed by atoms with Crippen LogP contribution in [0.1, 0.15) is 11.3 Å². The molecule has 0 saturated carbocycles. The molecule has 0 radical (unpaired) electrons. The van der Waals surface area contributed by atoms with Crippen LogP contribution in [0.3, 0.4) is 0 Å². The van der Waals surface area contributed by atoms with Crippen molar-refractivity contribution in [2.75, 3.05) is 13.7 Å². The van der Waals surface area contributed by atoms with Crippen molar-refractivity contribution in [3.05, 3.63) is 66.2 Å². The lowest BCUT2D eigenvalue weighted by molar-refractivity contribution is -0.136. The van der Waals surface area contributed by atoms with E-state index in [4.69, 9.17) is 9.26 Å². The molecule has 1 aliphatic heterocycles. The predicted octanol–water partition coefficient (Wildman–Crippen LogP) is 2.95. The molecule has 6 heteroatoms. The zero-order valence-electron chi connectivity index (χ0n) is 14.5. The van der Waals surface area contributed by atoms with Crippen LogP contribution in [0.4, 0.5) is 0 Å². The van der Waals surface area contributed by atoms with Crippen molar-refractivity contribution in [1.29, 1.82) is 0 Å². The topological polar surface area (TPSA) is 68.5 Å². The van der Waals surface area contributed by atoms with Gasteiger partial charge in [0.25, 0.3) is 0 Å². The van der Waals surface area contributed by atoms with Gasteiger partial charge in [0, 0.05) is 31.1 Å². The molecule has 1 aliphatic rings. The van der Waals surface area contributed by atoms with E-state index in [1.165, 1.54) is 0 Å². The summed E-state index contributed by atoms with van der Waals surface area (Å²) in [4.78, 5) is 18.5. The molecule has 0 saturated heterocycles. The highest BCUT2D eigenvalue weighted by Gasteiger charge is 2.28. The first-order valence-corrected chi connectivity index (χ1v) is 8.52. The Hall–Kier alpha value is -3.15. The third kappa shape index (κ3) is 3.31. The summed E-state index contributed by atoms with van der Waals surface area (Å²) in [5.74, 6) is 1.36. The average Bonchev–Trinajstić information content (AvgIpc) is 3.16. The number of carbonyl (C=O) groups excluding carboxylic acids is 1. The molecule has 0 bridgehead atoms. The summed E-state index contributed by atoms with van der Waals surface area (Å²) < 4.78 is 11.1. The molecule has 132 valence electrons. The summed E-state index contributed by atoms with van der Waals surface area (Å²) >= 11 is 0. The number of para-hydroxylation sites is 1. The molecule has 3 aromatic rings. The van der Waals surface area contributed by atoms with Gasteiger partial charge in [0.2, 0.25) is 5.91 Å². The van der Waals surface area contributed by atoms with Crippen LogP contribution in [0.2, 0.25) is 0 Å². The SMILES string of the molecule is CN(Cc1cc(-c2cccnc2)no1)C(=O)[C@H]1COc2ccccc2C1. The van der Waals surface area contributed by atoms with Crippen molar-refractivity contribution in [2.24, 2.45) is 5.92 Å². The van der Waals surface area contributed by atoms with Gasteiger partial charge in [0.05, 0.1) is 12.5 Å². The van der Waals surface area contributed by atoms with Gasteiger partial charge in [-0.1, -0.05) is 23.4 Å². The maximum absolute atomic E-state index is 12.8. The first-order chi connectivity index (χ1) is 12.7. The highest BCUT2D eigenvalue weighted by atomic mass is 16.5. The molecule has 0 N–H and O–H groups in total. The normalized spacial score (nSPS) is 15.8. The molecule has 3 heterocycles. The quantitative estimate of drug-likeness (QED) is 0.724. The number of aromatic nitrogens is 2. The number of fused-ring (bicyclic) bond motifs is 1. The molecule has 0 aliphatic carbocycles. The second kappa shape index (κ2) is 7.00. The number of nitrogens with zero attached hydrogens (tertiary/aromatic N) is 3. The Morgan fingerprint density at radius 3 is 3.00 bits per heavy atom. The zero-order valence-corrected chi connectivity index (χ0v) is 14.5. The molecule has 1 atom stereocenters. The summed E-state index contributed by atoms with van der Waals surface area (Å²) in [5, 5.41) is 4.06. The minimum absolute atomic E-state index is 0.0406. The van der Waals surface area contributed by atoms with Gasteiger partial charge in [-0.05, 0) is 30.2 Å². The Morgan fingerprint density at radius 1 is 1.27 bits per heavy atom. The van der Waals surface area contributed by atoms with E-state index in [9.17, 15) is 4.79 Å². The maximum atomic E-state index is 12.8. The van der Waals surface area contributed by atoms with Crippen molar-refractivity contribution < 1.29 is 14.1 Å². The molecule has 6 nitrogen and oxygen atoms in total. The second-order valence-corrected chi connectivity index (χ2v) is 6.43.